The summed E-state index contributed by atoms with van der Waals surface area (Å²) in [5.74, 6) is 2.28. The quantitative estimate of drug-likeness (QED) is 0.894. The number of rotatable bonds is 4. The fourth-order valence-electron chi connectivity index (χ4n) is 3.08. The first-order valence-electron chi connectivity index (χ1n) is 7.38. The first-order chi connectivity index (χ1) is 9.02. The Morgan fingerprint density at radius 1 is 1.21 bits per heavy atom. The van der Waals surface area contributed by atoms with Crippen molar-refractivity contribution in [1.82, 2.24) is 0 Å². The maximum Gasteiger partial charge on any atom is 0.118 e. The fraction of sp³-hybridized carbons (Fsp3) is 0.647. The molecular formula is C17H26O2. The first kappa shape index (κ1) is 14.4. The number of hydrogen-bond acceptors (Lipinski definition) is 2. The van der Waals surface area contributed by atoms with Gasteiger partial charge in [0.25, 0.3) is 0 Å². The van der Waals surface area contributed by atoms with Crippen molar-refractivity contribution in [2.75, 3.05) is 7.11 Å². The second kappa shape index (κ2) is 5.96. The molecule has 0 spiro atoms. The molecule has 0 saturated heterocycles. The normalized spacial score (nSPS) is 31.2. The highest BCUT2D eigenvalue weighted by molar-refractivity contribution is 5.27. The number of aliphatic hydroxyl groups is 1. The second-order valence-electron chi connectivity index (χ2n) is 6.27. The zero-order valence-electron chi connectivity index (χ0n) is 12.4. The summed E-state index contributed by atoms with van der Waals surface area (Å²) in [6.45, 7) is 4.57. The van der Waals surface area contributed by atoms with E-state index >= 15 is 0 Å². The van der Waals surface area contributed by atoms with E-state index in [-0.39, 0.29) is 0 Å². The van der Waals surface area contributed by atoms with Gasteiger partial charge in [-0.25, -0.2) is 0 Å². The molecule has 1 N–H and O–H groups in total. The molecule has 1 aliphatic rings. The molecule has 0 aliphatic heterocycles. The minimum Gasteiger partial charge on any atom is -0.497 e. The summed E-state index contributed by atoms with van der Waals surface area (Å²) in [6, 6.07) is 8.17. The summed E-state index contributed by atoms with van der Waals surface area (Å²) < 4.78 is 5.16. The van der Waals surface area contributed by atoms with E-state index in [2.05, 4.69) is 26.0 Å². The van der Waals surface area contributed by atoms with Crippen LogP contribution in [0.1, 0.15) is 45.1 Å². The lowest BCUT2D eigenvalue weighted by molar-refractivity contribution is -0.0347. The van der Waals surface area contributed by atoms with Gasteiger partial charge in [0.15, 0.2) is 0 Å². The fourth-order valence-corrected chi connectivity index (χ4v) is 3.08. The molecule has 106 valence electrons. The van der Waals surface area contributed by atoms with Gasteiger partial charge < -0.3 is 9.84 Å². The molecule has 0 amide bonds. The summed E-state index contributed by atoms with van der Waals surface area (Å²) in [5, 5.41) is 10.7. The Balaban J connectivity index is 1.90. The molecule has 0 radical (unpaired) electrons. The molecule has 1 saturated carbocycles. The van der Waals surface area contributed by atoms with Crippen molar-refractivity contribution in [2.24, 2.45) is 11.8 Å². The average Bonchev–Trinajstić information content (AvgIpc) is 2.42. The monoisotopic (exact) mass is 262 g/mol. The van der Waals surface area contributed by atoms with E-state index in [0.717, 1.165) is 43.8 Å². The van der Waals surface area contributed by atoms with Crippen molar-refractivity contribution in [3.63, 3.8) is 0 Å². The Morgan fingerprint density at radius 2 is 1.89 bits per heavy atom. The largest absolute Gasteiger partial charge is 0.497 e. The predicted octanol–water partition coefficient (Wildman–Crippen LogP) is 3.82. The Labute approximate surface area is 116 Å². The zero-order valence-corrected chi connectivity index (χ0v) is 12.4. The molecule has 1 fully saturated rings. The second-order valence-corrected chi connectivity index (χ2v) is 6.27. The van der Waals surface area contributed by atoms with E-state index in [9.17, 15) is 5.11 Å². The summed E-state index contributed by atoms with van der Waals surface area (Å²) in [6.07, 6.45) is 4.87. The topological polar surface area (TPSA) is 29.5 Å². The summed E-state index contributed by atoms with van der Waals surface area (Å²) in [5.41, 5.74) is 0.826. The summed E-state index contributed by atoms with van der Waals surface area (Å²) in [7, 11) is 1.68. The van der Waals surface area contributed by atoms with Gasteiger partial charge in [0.05, 0.1) is 12.7 Å². The minimum absolute atomic E-state index is 0.453. The molecule has 0 bridgehead atoms. The van der Waals surface area contributed by atoms with Gasteiger partial charge in [-0.05, 0) is 61.6 Å². The molecule has 2 rings (SSSR count). The SMILES string of the molecule is COc1ccc(CCC2(O)CCC(C)C(C)C2)cc1. The van der Waals surface area contributed by atoms with Gasteiger partial charge >= 0.3 is 0 Å². The minimum atomic E-state index is -0.453. The van der Waals surface area contributed by atoms with Crippen LogP contribution in [0.15, 0.2) is 24.3 Å². The van der Waals surface area contributed by atoms with E-state index in [4.69, 9.17) is 4.74 Å². The van der Waals surface area contributed by atoms with Crippen LogP contribution in [0.2, 0.25) is 0 Å². The predicted molar refractivity (Wildman–Crippen MR) is 78.4 cm³/mol. The molecule has 1 aromatic carbocycles. The number of aryl methyl sites for hydroxylation is 1. The number of hydrogen-bond donors (Lipinski definition) is 1. The van der Waals surface area contributed by atoms with Gasteiger partial charge in [-0.1, -0.05) is 26.0 Å². The van der Waals surface area contributed by atoms with E-state index in [1.807, 2.05) is 12.1 Å². The number of benzene rings is 1. The van der Waals surface area contributed by atoms with Crippen LogP contribution in [0.3, 0.4) is 0 Å². The highest BCUT2D eigenvalue weighted by Crippen LogP contribution is 2.38. The van der Waals surface area contributed by atoms with Gasteiger partial charge in [-0.2, -0.15) is 0 Å². The highest BCUT2D eigenvalue weighted by Gasteiger charge is 2.35. The van der Waals surface area contributed by atoms with Gasteiger partial charge in [0.2, 0.25) is 0 Å². The van der Waals surface area contributed by atoms with E-state index in [1.54, 1.807) is 7.11 Å². The first-order valence-corrected chi connectivity index (χ1v) is 7.38. The van der Waals surface area contributed by atoms with Crippen LogP contribution in [0.4, 0.5) is 0 Å². The molecular weight excluding hydrogens is 236 g/mol. The molecule has 1 aromatic rings. The average molecular weight is 262 g/mol. The Kier molecular flexibility index (Phi) is 4.51. The van der Waals surface area contributed by atoms with Crippen molar-refractivity contribution in [3.05, 3.63) is 29.8 Å². The Hall–Kier alpha value is -1.02. The lowest BCUT2D eigenvalue weighted by Crippen LogP contribution is -2.38. The maximum atomic E-state index is 10.7. The van der Waals surface area contributed by atoms with Gasteiger partial charge in [0.1, 0.15) is 5.75 Å². The third-order valence-corrected chi connectivity index (χ3v) is 4.78. The van der Waals surface area contributed by atoms with Gasteiger partial charge in [0, 0.05) is 0 Å². The molecule has 2 nitrogen and oxygen atoms in total. The van der Waals surface area contributed by atoms with E-state index < -0.39 is 5.60 Å². The van der Waals surface area contributed by atoms with E-state index in [1.165, 1.54) is 5.56 Å². The van der Waals surface area contributed by atoms with Crippen LogP contribution in [-0.2, 0) is 6.42 Å². The molecule has 19 heavy (non-hydrogen) atoms. The molecule has 1 aliphatic carbocycles. The lowest BCUT2D eigenvalue weighted by atomic mass is 9.71. The van der Waals surface area contributed by atoms with Gasteiger partial charge in [-0.3, -0.25) is 0 Å². The molecule has 3 unspecified atom stereocenters. The van der Waals surface area contributed by atoms with Crippen molar-refractivity contribution in [1.29, 1.82) is 0 Å². The van der Waals surface area contributed by atoms with Crippen molar-refractivity contribution < 1.29 is 9.84 Å². The van der Waals surface area contributed by atoms with Crippen molar-refractivity contribution in [3.8, 4) is 5.75 Å². The summed E-state index contributed by atoms with van der Waals surface area (Å²) in [4.78, 5) is 0. The maximum absolute atomic E-state index is 10.7. The summed E-state index contributed by atoms with van der Waals surface area (Å²) >= 11 is 0. The molecule has 3 atom stereocenters. The van der Waals surface area contributed by atoms with Crippen LogP contribution in [-0.4, -0.2) is 17.8 Å². The Morgan fingerprint density at radius 3 is 2.47 bits per heavy atom. The molecule has 2 heteroatoms. The molecule has 0 heterocycles. The van der Waals surface area contributed by atoms with Crippen LogP contribution < -0.4 is 4.74 Å². The van der Waals surface area contributed by atoms with E-state index in [0.29, 0.717) is 5.92 Å². The Bertz CT molecular complexity index is 398. The van der Waals surface area contributed by atoms with Gasteiger partial charge in [-0.15, -0.1) is 0 Å². The lowest BCUT2D eigenvalue weighted by Gasteiger charge is -2.39. The third kappa shape index (κ3) is 3.73. The third-order valence-electron chi connectivity index (χ3n) is 4.78. The molecule has 0 aromatic heterocycles. The number of methoxy groups -OCH3 is 1. The number of ether oxygens (including phenoxy) is 1. The van der Waals surface area contributed by atoms with Crippen molar-refractivity contribution >= 4 is 0 Å². The van der Waals surface area contributed by atoms with Crippen LogP contribution in [0.25, 0.3) is 0 Å². The highest BCUT2D eigenvalue weighted by atomic mass is 16.5. The van der Waals surface area contributed by atoms with Crippen LogP contribution >= 0.6 is 0 Å². The standard InChI is InChI=1S/C17H26O2/c1-13-8-10-17(18,12-14(13)2)11-9-15-4-6-16(19-3)7-5-15/h4-7,13-14,18H,8-12H2,1-3H3. The zero-order chi connectivity index (χ0) is 13.9. The smallest absolute Gasteiger partial charge is 0.118 e. The van der Waals surface area contributed by atoms with Crippen molar-refractivity contribution in [2.45, 2.75) is 51.6 Å². The van der Waals surface area contributed by atoms with Crippen LogP contribution in [0.5, 0.6) is 5.75 Å². The van der Waals surface area contributed by atoms with Crippen LogP contribution in [0, 0.1) is 11.8 Å².